The minimum Gasteiger partial charge on any atom is -0.370 e. The van der Waals surface area contributed by atoms with E-state index in [1.165, 1.54) is 0 Å². The molecule has 17 heavy (non-hydrogen) atoms. The summed E-state index contributed by atoms with van der Waals surface area (Å²) in [6.45, 7) is 2.80. The van der Waals surface area contributed by atoms with Crippen LogP contribution in [0, 0.1) is 0 Å². The second-order valence-corrected chi connectivity index (χ2v) is 4.51. The lowest BCUT2D eigenvalue weighted by molar-refractivity contribution is -0.126. The largest absolute Gasteiger partial charge is 0.370 e. The van der Waals surface area contributed by atoms with E-state index in [-0.39, 0.29) is 18.6 Å². The zero-order valence-electron chi connectivity index (χ0n) is 9.78. The number of carbonyl (C=O) groups excluding carboxylic acids is 1. The van der Waals surface area contributed by atoms with Crippen LogP contribution in [-0.2, 0) is 9.53 Å². The molecule has 0 aliphatic carbocycles. The number of rotatable bonds is 6. The summed E-state index contributed by atoms with van der Waals surface area (Å²) in [6.07, 6.45) is 0. The molecular weight excluding hydrogens is 284 g/mol. The molecule has 0 fully saturated rings. The van der Waals surface area contributed by atoms with Gasteiger partial charge in [0.05, 0.1) is 12.6 Å². The first-order valence-electron chi connectivity index (χ1n) is 5.46. The van der Waals surface area contributed by atoms with Crippen molar-refractivity contribution in [2.45, 2.75) is 13.0 Å². The minimum absolute atomic E-state index is 0.0476. The SMILES string of the molecule is C[C@@H](NC(=O)COCCN)c1ccccc1Br. The molecule has 0 aromatic heterocycles. The highest BCUT2D eigenvalue weighted by atomic mass is 79.9. The molecule has 4 nitrogen and oxygen atoms in total. The molecule has 0 saturated heterocycles. The normalized spacial score (nSPS) is 12.2. The molecule has 0 spiro atoms. The van der Waals surface area contributed by atoms with Gasteiger partial charge in [-0.1, -0.05) is 34.1 Å². The minimum atomic E-state index is -0.137. The van der Waals surface area contributed by atoms with Gasteiger partial charge in [0.1, 0.15) is 6.61 Å². The van der Waals surface area contributed by atoms with E-state index in [2.05, 4.69) is 21.2 Å². The number of carbonyl (C=O) groups is 1. The van der Waals surface area contributed by atoms with E-state index in [4.69, 9.17) is 10.5 Å². The number of nitrogens with one attached hydrogen (secondary N) is 1. The van der Waals surface area contributed by atoms with Gasteiger partial charge in [-0.3, -0.25) is 4.79 Å². The van der Waals surface area contributed by atoms with Crippen LogP contribution in [0.25, 0.3) is 0 Å². The maximum Gasteiger partial charge on any atom is 0.246 e. The fraction of sp³-hybridized carbons (Fsp3) is 0.417. The van der Waals surface area contributed by atoms with Crippen molar-refractivity contribution in [3.8, 4) is 0 Å². The summed E-state index contributed by atoms with van der Waals surface area (Å²) in [5, 5.41) is 2.86. The molecule has 1 rings (SSSR count). The van der Waals surface area contributed by atoms with Crippen molar-refractivity contribution in [2.24, 2.45) is 5.73 Å². The highest BCUT2D eigenvalue weighted by Crippen LogP contribution is 2.22. The number of ether oxygens (including phenoxy) is 1. The molecule has 3 N–H and O–H groups in total. The van der Waals surface area contributed by atoms with Crippen LogP contribution in [0.5, 0.6) is 0 Å². The molecule has 0 heterocycles. The van der Waals surface area contributed by atoms with Crippen LogP contribution in [0.2, 0.25) is 0 Å². The van der Waals surface area contributed by atoms with E-state index in [9.17, 15) is 4.79 Å². The van der Waals surface area contributed by atoms with Gasteiger partial charge in [0, 0.05) is 11.0 Å². The third kappa shape index (κ3) is 4.85. The van der Waals surface area contributed by atoms with Crippen molar-refractivity contribution in [1.29, 1.82) is 0 Å². The fourth-order valence-corrected chi connectivity index (χ4v) is 2.06. The summed E-state index contributed by atoms with van der Waals surface area (Å²) in [6, 6.07) is 7.73. The van der Waals surface area contributed by atoms with Gasteiger partial charge in [0.25, 0.3) is 0 Å². The lowest BCUT2D eigenvalue weighted by Gasteiger charge is -2.15. The fourth-order valence-electron chi connectivity index (χ4n) is 1.44. The molecule has 0 saturated carbocycles. The zero-order chi connectivity index (χ0) is 12.7. The number of hydrogen-bond donors (Lipinski definition) is 2. The standard InChI is InChI=1S/C12H17BrN2O2/c1-9(10-4-2-3-5-11(10)13)15-12(16)8-17-7-6-14/h2-5,9H,6-8,14H2,1H3,(H,15,16)/t9-/m1/s1. The van der Waals surface area contributed by atoms with E-state index in [1.54, 1.807) is 0 Å². The van der Waals surface area contributed by atoms with E-state index in [1.807, 2.05) is 31.2 Å². The first-order valence-corrected chi connectivity index (χ1v) is 6.26. The van der Waals surface area contributed by atoms with Gasteiger partial charge in [0.15, 0.2) is 0 Å². The Balaban J connectivity index is 2.46. The number of halogens is 1. The van der Waals surface area contributed by atoms with Crippen molar-refractivity contribution in [1.82, 2.24) is 5.32 Å². The van der Waals surface area contributed by atoms with Gasteiger partial charge in [-0.05, 0) is 18.6 Å². The average Bonchev–Trinajstić information content (AvgIpc) is 2.29. The molecule has 5 heteroatoms. The van der Waals surface area contributed by atoms with Gasteiger partial charge in [-0.15, -0.1) is 0 Å². The lowest BCUT2D eigenvalue weighted by atomic mass is 10.1. The van der Waals surface area contributed by atoms with E-state index in [0.29, 0.717) is 13.2 Å². The summed E-state index contributed by atoms with van der Waals surface area (Å²) < 4.78 is 6.04. The van der Waals surface area contributed by atoms with Crippen molar-refractivity contribution in [3.05, 3.63) is 34.3 Å². The van der Waals surface area contributed by atoms with Crippen LogP contribution < -0.4 is 11.1 Å². The second-order valence-electron chi connectivity index (χ2n) is 3.65. The predicted molar refractivity (Wildman–Crippen MR) is 70.6 cm³/mol. The van der Waals surface area contributed by atoms with Crippen LogP contribution in [0.4, 0.5) is 0 Å². The monoisotopic (exact) mass is 300 g/mol. The Bertz CT molecular complexity index is 371. The van der Waals surface area contributed by atoms with Gasteiger partial charge in [0.2, 0.25) is 5.91 Å². The maximum atomic E-state index is 11.5. The highest BCUT2D eigenvalue weighted by molar-refractivity contribution is 9.10. The molecule has 1 aromatic rings. The molecule has 0 aliphatic heterocycles. The Morgan fingerprint density at radius 3 is 2.88 bits per heavy atom. The number of hydrogen-bond acceptors (Lipinski definition) is 3. The number of benzene rings is 1. The summed E-state index contributed by atoms with van der Waals surface area (Å²) in [4.78, 5) is 11.5. The smallest absolute Gasteiger partial charge is 0.246 e. The molecule has 1 amide bonds. The molecule has 0 aliphatic rings. The van der Waals surface area contributed by atoms with Crippen LogP contribution in [-0.4, -0.2) is 25.7 Å². The van der Waals surface area contributed by atoms with Gasteiger partial charge >= 0.3 is 0 Å². The Morgan fingerprint density at radius 1 is 1.53 bits per heavy atom. The summed E-state index contributed by atoms with van der Waals surface area (Å²) in [5.74, 6) is -0.137. The lowest BCUT2D eigenvalue weighted by Crippen LogP contribution is -2.31. The summed E-state index contributed by atoms with van der Waals surface area (Å²) in [7, 11) is 0. The molecular formula is C12H17BrN2O2. The molecule has 0 bridgehead atoms. The average molecular weight is 301 g/mol. The van der Waals surface area contributed by atoms with Crippen LogP contribution in [0.3, 0.4) is 0 Å². The van der Waals surface area contributed by atoms with Crippen molar-refractivity contribution < 1.29 is 9.53 Å². The van der Waals surface area contributed by atoms with Crippen LogP contribution >= 0.6 is 15.9 Å². The van der Waals surface area contributed by atoms with E-state index >= 15 is 0 Å². The maximum absolute atomic E-state index is 11.5. The Hall–Kier alpha value is -0.910. The van der Waals surface area contributed by atoms with E-state index in [0.717, 1.165) is 10.0 Å². The molecule has 94 valence electrons. The van der Waals surface area contributed by atoms with E-state index < -0.39 is 0 Å². The van der Waals surface area contributed by atoms with Crippen molar-refractivity contribution in [2.75, 3.05) is 19.8 Å². The van der Waals surface area contributed by atoms with Crippen LogP contribution in [0.15, 0.2) is 28.7 Å². The topological polar surface area (TPSA) is 64.3 Å². The highest BCUT2D eigenvalue weighted by Gasteiger charge is 2.11. The Labute approximate surface area is 110 Å². The van der Waals surface area contributed by atoms with Gasteiger partial charge in [-0.25, -0.2) is 0 Å². The second kappa shape index (κ2) is 7.42. The van der Waals surface area contributed by atoms with Gasteiger partial charge < -0.3 is 15.8 Å². The molecule has 0 radical (unpaired) electrons. The molecule has 1 aromatic carbocycles. The van der Waals surface area contributed by atoms with Crippen LogP contribution in [0.1, 0.15) is 18.5 Å². The zero-order valence-corrected chi connectivity index (χ0v) is 11.4. The first-order chi connectivity index (χ1) is 8.15. The third-order valence-corrected chi connectivity index (χ3v) is 2.97. The predicted octanol–water partition coefficient (Wildman–Crippen LogP) is 1.60. The third-order valence-electron chi connectivity index (χ3n) is 2.24. The number of amides is 1. The Kier molecular flexibility index (Phi) is 6.18. The number of nitrogens with two attached hydrogens (primary N) is 1. The quantitative estimate of drug-likeness (QED) is 0.785. The molecule has 0 unspecified atom stereocenters. The van der Waals surface area contributed by atoms with Crippen molar-refractivity contribution >= 4 is 21.8 Å². The molecule has 1 atom stereocenters. The summed E-state index contributed by atoms with van der Waals surface area (Å²) in [5.41, 5.74) is 6.31. The summed E-state index contributed by atoms with van der Waals surface area (Å²) >= 11 is 3.45. The van der Waals surface area contributed by atoms with Gasteiger partial charge in [-0.2, -0.15) is 0 Å². The first kappa shape index (κ1) is 14.2. The Morgan fingerprint density at radius 2 is 2.24 bits per heavy atom. The van der Waals surface area contributed by atoms with Crippen molar-refractivity contribution in [3.63, 3.8) is 0 Å².